The first-order valence-electron chi connectivity index (χ1n) is 9.51. The van der Waals surface area contributed by atoms with Gasteiger partial charge < -0.3 is 15.7 Å². The molecule has 3 N–H and O–H groups in total. The summed E-state index contributed by atoms with van der Waals surface area (Å²) in [5.41, 5.74) is 2.12. The molecular weight excluding hydrogens is 539 g/mol. The van der Waals surface area contributed by atoms with Crippen molar-refractivity contribution in [1.82, 2.24) is 0 Å². The fourth-order valence-corrected chi connectivity index (χ4v) is 4.11. The molecule has 0 heterocycles. The fourth-order valence-electron chi connectivity index (χ4n) is 2.73. The Morgan fingerprint density at radius 3 is 2.03 bits per heavy atom. The van der Waals surface area contributed by atoms with Crippen LogP contribution in [0.3, 0.4) is 0 Å². The van der Waals surface area contributed by atoms with Crippen LogP contribution >= 0.6 is 34.4 Å². The molecular formula is C24H19IN2O4S. The standard InChI is InChI=1S/C24H19IN2O4S/c25-17-6-8-19(9-7-17)27-24(31)23(16-4-2-1-3-5-16)32-20-12-10-18(11-13-20)26-21(28)14-15-22(29)30/h1-15,23H,(H,26,28)(H,27,31)(H,29,30)/b15-14+. The lowest BCUT2D eigenvalue weighted by Gasteiger charge is -2.17. The number of thioether (sulfide) groups is 1. The van der Waals surface area contributed by atoms with Crippen LogP contribution in [0.25, 0.3) is 0 Å². The highest BCUT2D eigenvalue weighted by Gasteiger charge is 2.22. The van der Waals surface area contributed by atoms with Gasteiger partial charge in [-0.3, -0.25) is 9.59 Å². The molecule has 6 nitrogen and oxygen atoms in total. The maximum absolute atomic E-state index is 13.1. The quantitative estimate of drug-likeness (QED) is 0.197. The normalized spacial score (nSPS) is 11.7. The second kappa shape index (κ2) is 11.5. The van der Waals surface area contributed by atoms with E-state index >= 15 is 0 Å². The molecule has 0 bridgehead atoms. The first kappa shape index (κ1) is 23.6. The van der Waals surface area contributed by atoms with Crippen molar-refractivity contribution in [1.29, 1.82) is 0 Å². The third-order valence-electron chi connectivity index (χ3n) is 4.21. The minimum atomic E-state index is -1.19. The molecule has 8 heteroatoms. The van der Waals surface area contributed by atoms with E-state index in [4.69, 9.17) is 5.11 Å². The summed E-state index contributed by atoms with van der Waals surface area (Å²) in [6, 6.07) is 24.1. The lowest BCUT2D eigenvalue weighted by atomic mass is 10.1. The van der Waals surface area contributed by atoms with Crippen LogP contribution in [-0.2, 0) is 14.4 Å². The molecule has 2 amide bonds. The van der Waals surface area contributed by atoms with Crippen molar-refractivity contribution in [3.05, 3.63) is 100 Å². The molecule has 1 unspecified atom stereocenters. The Bertz CT molecular complexity index is 1120. The Labute approximate surface area is 203 Å². The zero-order chi connectivity index (χ0) is 22.9. The SMILES string of the molecule is O=C(O)/C=C/C(=O)Nc1ccc(SC(C(=O)Nc2ccc(I)cc2)c2ccccc2)cc1. The fraction of sp³-hybridized carbons (Fsp3) is 0.0417. The molecule has 0 aliphatic rings. The number of rotatable bonds is 8. The summed E-state index contributed by atoms with van der Waals surface area (Å²) in [7, 11) is 0. The smallest absolute Gasteiger partial charge is 0.328 e. The predicted molar refractivity (Wildman–Crippen MR) is 135 cm³/mol. The Balaban J connectivity index is 1.73. The van der Waals surface area contributed by atoms with E-state index in [1.54, 1.807) is 24.3 Å². The molecule has 0 aliphatic heterocycles. The number of amides is 2. The minimum absolute atomic E-state index is 0.140. The number of carbonyl (C=O) groups excluding carboxylic acids is 2. The number of hydrogen-bond donors (Lipinski definition) is 3. The highest BCUT2D eigenvalue weighted by atomic mass is 127. The molecule has 32 heavy (non-hydrogen) atoms. The average molecular weight is 558 g/mol. The number of aliphatic carboxylic acids is 1. The highest BCUT2D eigenvalue weighted by molar-refractivity contribution is 14.1. The largest absolute Gasteiger partial charge is 0.478 e. The summed E-state index contributed by atoms with van der Waals surface area (Å²) in [5.74, 6) is -1.87. The maximum Gasteiger partial charge on any atom is 0.328 e. The number of hydrogen-bond acceptors (Lipinski definition) is 4. The van der Waals surface area contributed by atoms with Crippen molar-refractivity contribution in [3.63, 3.8) is 0 Å². The summed E-state index contributed by atoms with van der Waals surface area (Å²) in [6.45, 7) is 0. The molecule has 162 valence electrons. The molecule has 0 fully saturated rings. The molecule has 0 spiro atoms. The van der Waals surface area contributed by atoms with E-state index in [0.29, 0.717) is 5.69 Å². The van der Waals surface area contributed by atoms with E-state index in [-0.39, 0.29) is 5.91 Å². The zero-order valence-electron chi connectivity index (χ0n) is 16.7. The van der Waals surface area contributed by atoms with Crippen molar-refractivity contribution in [2.24, 2.45) is 0 Å². The summed E-state index contributed by atoms with van der Waals surface area (Å²) in [5, 5.41) is 13.7. The van der Waals surface area contributed by atoms with Gasteiger partial charge in [-0.05, 0) is 76.7 Å². The van der Waals surface area contributed by atoms with E-state index < -0.39 is 17.1 Å². The van der Waals surface area contributed by atoms with Crippen LogP contribution in [0.5, 0.6) is 0 Å². The van der Waals surface area contributed by atoms with E-state index in [1.165, 1.54) is 11.8 Å². The maximum atomic E-state index is 13.1. The molecule has 0 saturated heterocycles. The summed E-state index contributed by atoms with van der Waals surface area (Å²) >= 11 is 3.61. The van der Waals surface area contributed by atoms with Gasteiger partial charge >= 0.3 is 5.97 Å². The number of anilines is 2. The van der Waals surface area contributed by atoms with Crippen molar-refractivity contribution >= 4 is 63.5 Å². The first-order chi connectivity index (χ1) is 15.4. The molecule has 0 aliphatic carbocycles. The third kappa shape index (κ3) is 7.24. The van der Waals surface area contributed by atoms with Crippen molar-refractivity contribution in [3.8, 4) is 0 Å². The molecule has 0 saturated carbocycles. The van der Waals surface area contributed by atoms with Gasteiger partial charge in [-0.1, -0.05) is 30.3 Å². The average Bonchev–Trinajstić information content (AvgIpc) is 2.79. The number of halogens is 1. The molecule has 3 aromatic rings. The lowest BCUT2D eigenvalue weighted by Crippen LogP contribution is -2.19. The van der Waals surface area contributed by atoms with Gasteiger partial charge in [0.05, 0.1) is 0 Å². The lowest BCUT2D eigenvalue weighted by molar-refractivity contribution is -0.131. The number of nitrogens with one attached hydrogen (secondary N) is 2. The van der Waals surface area contributed by atoms with Crippen LogP contribution < -0.4 is 10.6 Å². The number of carboxylic acid groups (broad SMARTS) is 1. The van der Waals surface area contributed by atoms with Crippen LogP contribution in [-0.4, -0.2) is 22.9 Å². The second-order valence-electron chi connectivity index (χ2n) is 6.59. The topological polar surface area (TPSA) is 95.5 Å². The minimum Gasteiger partial charge on any atom is -0.478 e. The van der Waals surface area contributed by atoms with Crippen molar-refractivity contribution in [2.45, 2.75) is 10.1 Å². The molecule has 3 rings (SSSR count). The third-order valence-corrected chi connectivity index (χ3v) is 6.19. The molecule has 3 aromatic carbocycles. The van der Waals surface area contributed by atoms with Crippen molar-refractivity contribution < 1.29 is 19.5 Å². The van der Waals surface area contributed by atoms with Crippen LogP contribution in [0.15, 0.2) is 95.9 Å². The highest BCUT2D eigenvalue weighted by Crippen LogP contribution is 2.36. The molecule has 0 aromatic heterocycles. The van der Waals surface area contributed by atoms with Gasteiger partial charge in [-0.25, -0.2) is 4.79 Å². The predicted octanol–water partition coefficient (Wildman–Crippen LogP) is 5.34. The van der Waals surface area contributed by atoms with Crippen molar-refractivity contribution in [2.75, 3.05) is 10.6 Å². The van der Waals surface area contributed by atoms with Gasteiger partial charge in [-0.2, -0.15) is 0 Å². The van der Waals surface area contributed by atoms with Crippen LogP contribution in [0.4, 0.5) is 11.4 Å². The van der Waals surface area contributed by atoms with Gasteiger partial charge in [0.2, 0.25) is 11.8 Å². The number of carboxylic acids is 1. The van der Waals surface area contributed by atoms with E-state index in [9.17, 15) is 14.4 Å². The van der Waals surface area contributed by atoms with Gasteiger partial charge in [0, 0.05) is 32.0 Å². The van der Waals surface area contributed by atoms with Crippen LogP contribution in [0, 0.1) is 3.57 Å². The summed E-state index contributed by atoms with van der Waals surface area (Å²) in [6.07, 6.45) is 1.72. The number of benzene rings is 3. The summed E-state index contributed by atoms with van der Waals surface area (Å²) in [4.78, 5) is 36.2. The first-order valence-corrected chi connectivity index (χ1v) is 11.5. The van der Waals surface area contributed by atoms with E-state index in [2.05, 4.69) is 33.2 Å². The van der Waals surface area contributed by atoms with Gasteiger partial charge in [0.15, 0.2) is 0 Å². The van der Waals surface area contributed by atoms with Gasteiger partial charge in [0.25, 0.3) is 0 Å². The molecule has 0 radical (unpaired) electrons. The Hall–Kier alpha value is -3.11. The monoisotopic (exact) mass is 558 g/mol. The molecule has 1 atom stereocenters. The van der Waals surface area contributed by atoms with E-state index in [0.717, 1.165) is 31.9 Å². The second-order valence-corrected chi connectivity index (χ2v) is 9.01. The zero-order valence-corrected chi connectivity index (χ0v) is 19.7. The Morgan fingerprint density at radius 1 is 0.812 bits per heavy atom. The number of carbonyl (C=O) groups is 3. The Morgan fingerprint density at radius 2 is 1.41 bits per heavy atom. The van der Waals surface area contributed by atoms with Gasteiger partial charge in [-0.15, -0.1) is 11.8 Å². The Kier molecular flexibility index (Phi) is 8.46. The van der Waals surface area contributed by atoms with Crippen LogP contribution in [0.2, 0.25) is 0 Å². The summed E-state index contributed by atoms with van der Waals surface area (Å²) < 4.78 is 1.08. The van der Waals surface area contributed by atoms with E-state index in [1.807, 2.05) is 54.6 Å². The van der Waals surface area contributed by atoms with Crippen LogP contribution in [0.1, 0.15) is 10.8 Å². The van der Waals surface area contributed by atoms with Gasteiger partial charge in [0.1, 0.15) is 5.25 Å².